The minimum Gasteiger partial charge on any atom is -0.344 e. The van der Waals surface area contributed by atoms with E-state index in [1.54, 1.807) is 0 Å². The molecule has 0 amide bonds. The molecule has 3 aromatic rings. The van der Waals surface area contributed by atoms with Gasteiger partial charge < -0.3 is 9.47 Å². The Balaban J connectivity index is 1.33. The van der Waals surface area contributed by atoms with Gasteiger partial charge in [-0.1, -0.05) is 55.0 Å². The number of hydrogen-bond acceptors (Lipinski definition) is 3. The monoisotopic (exact) mass is 466 g/mol. The van der Waals surface area contributed by atoms with E-state index in [0.29, 0.717) is 12.3 Å². The molecule has 3 aliphatic rings. The number of carbonyl (C=O) groups is 2. The van der Waals surface area contributed by atoms with E-state index in [0.717, 1.165) is 54.4 Å². The highest BCUT2D eigenvalue weighted by atomic mass is 16.2. The number of para-hydroxylation sites is 1. The molecule has 6 rings (SSSR count). The third-order valence-corrected chi connectivity index (χ3v) is 8.19. The van der Waals surface area contributed by atoms with Crippen molar-refractivity contribution < 1.29 is 9.59 Å². The first-order valence-electron chi connectivity index (χ1n) is 13.4. The molecule has 1 fully saturated rings. The van der Waals surface area contributed by atoms with E-state index in [2.05, 4.69) is 58.0 Å². The lowest BCUT2D eigenvalue weighted by Gasteiger charge is -2.28. The highest BCUT2D eigenvalue weighted by molar-refractivity contribution is 6.39. The number of carbonyl (C=O) groups excluding carboxylic acids is 2. The summed E-state index contributed by atoms with van der Waals surface area (Å²) in [4.78, 5) is 28.9. The van der Waals surface area contributed by atoms with E-state index in [1.807, 2.05) is 6.07 Å². The predicted octanol–water partition coefficient (Wildman–Crippen LogP) is 5.62. The number of aryl methyl sites for hydroxylation is 1. The molecule has 4 heteroatoms. The summed E-state index contributed by atoms with van der Waals surface area (Å²) < 4.78 is 2.45. The van der Waals surface area contributed by atoms with E-state index in [4.69, 9.17) is 0 Å². The molecular formula is C31H34N2O2. The zero-order valence-electron chi connectivity index (χ0n) is 20.5. The maximum atomic E-state index is 13.3. The zero-order valence-corrected chi connectivity index (χ0v) is 20.5. The van der Waals surface area contributed by atoms with Gasteiger partial charge in [-0.05, 0) is 69.2 Å². The zero-order chi connectivity index (χ0) is 23.8. The Labute approximate surface area is 207 Å². The predicted molar refractivity (Wildman–Crippen MR) is 140 cm³/mol. The van der Waals surface area contributed by atoms with Crippen LogP contribution >= 0.6 is 0 Å². The lowest BCUT2D eigenvalue weighted by atomic mass is 9.92. The van der Waals surface area contributed by atoms with Crippen molar-refractivity contribution >= 4 is 28.0 Å². The SMILES string of the molecule is O=C1CC(=O)C(c2c3n(c4ccccc24)CC(CN2CCCCC2)C3)=C1CCCc1ccccc1. The van der Waals surface area contributed by atoms with Crippen molar-refractivity contribution in [2.75, 3.05) is 19.6 Å². The van der Waals surface area contributed by atoms with Crippen molar-refractivity contribution in [3.8, 4) is 0 Å². The van der Waals surface area contributed by atoms with Gasteiger partial charge in [0.2, 0.25) is 0 Å². The molecule has 3 heterocycles. The third-order valence-electron chi connectivity index (χ3n) is 8.19. The molecule has 1 saturated heterocycles. The van der Waals surface area contributed by atoms with E-state index in [1.165, 1.54) is 49.1 Å². The Morgan fingerprint density at radius 1 is 0.829 bits per heavy atom. The average molecular weight is 467 g/mol. The number of rotatable bonds is 7. The van der Waals surface area contributed by atoms with Crippen molar-refractivity contribution in [2.45, 2.75) is 57.9 Å². The van der Waals surface area contributed by atoms with Crippen LogP contribution in [0.25, 0.3) is 16.5 Å². The van der Waals surface area contributed by atoms with Gasteiger partial charge in [-0.3, -0.25) is 9.59 Å². The molecule has 1 unspecified atom stereocenters. The van der Waals surface area contributed by atoms with Crippen LogP contribution in [0.4, 0.5) is 0 Å². The minimum absolute atomic E-state index is 0.0170. The fourth-order valence-electron chi connectivity index (χ4n) is 6.60. The molecule has 0 saturated carbocycles. The van der Waals surface area contributed by atoms with Gasteiger partial charge in [-0.25, -0.2) is 0 Å². The van der Waals surface area contributed by atoms with Crippen molar-refractivity contribution in [3.05, 3.63) is 77.0 Å². The Hall–Kier alpha value is -2.98. The lowest BCUT2D eigenvalue weighted by Crippen LogP contribution is -2.34. The minimum atomic E-state index is 0.0170. The maximum absolute atomic E-state index is 13.3. The molecule has 35 heavy (non-hydrogen) atoms. The number of ketones is 2. The number of fused-ring (bicyclic) bond motifs is 3. The first kappa shape index (κ1) is 22.5. The molecule has 1 aliphatic carbocycles. The molecule has 4 nitrogen and oxygen atoms in total. The largest absolute Gasteiger partial charge is 0.344 e. The first-order chi connectivity index (χ1) is 17.2. The quantitative estimate of drug-likeness (QED) is 0.425. The summed E-state index contributed by atoms with van der Waals surface area (Å²) in [5.41, 5.74) is 6.32. The summed E-state index contributed by atoms with van der Waals surface area (Å²) in [6.07, 6.45) is 7.47. The van der Waals surface area contributed by atoms with E-state index >= 15 is 0 Å². The number of allylic oxidation sites excluding steroid dienone is 2. The van der Waals surface area contributed by atoms with Gasteiger partial charge in [0.25, 0.3) is 0 Å². The Morgan fingerprint density at radius 2 is 1.60 bits per heavy atom. The second-order valence-corrected chi connectivity index (χ2v) is 10.6. The normalized spacial score (nSPS) is 20.9. The standard InChI is InChI=1S/C31H34N2O2/c34-28-19-29(35)31(25(28)14-9-12-22-10-3-1-4-11-22)30-24-13-5-6-15-26(24)33-21-23(18-27(30)33)20-32-16-7-2-8-17-32/h1,3-6,10-11,13,15,23H,2,7-9,12,14,16-21H2. The summed E-state index contributed by atoms with van der Waals surface area (Å²) in [7, 11) is 0. The van der Waals surface area contributed by atoms with Crippen LogP contribution in [0, 0.1) is 5.92 Å². The highest BCUT2D eigenvalue weighted by Crippen LogP contribution is 2.42. The molecular weight excluding hydrogens is 432 g/mol. The summed E-state index contributed by atoms with van der Waals surface area (Å²) in [6.45, 7) is 4.56. The summed E-state index contributed by atoms with van der Waals surface area (Å²) in [5, 5.41) is 1.14. The molecule has 1 atom stereocenters. The van der Waals surface area contributed by atoms with E-state index in [9.17, 15) is 9.59 Å². The molecule has 0 spiro atoms. The van der Waals surface area contributed by atoms with Crippen LogP contribution < -0.4 is 0 Å². The van der Waals surface area contributed by atoms with E-state index in [-0.39, 0.29) is 18.0 Å². The first-order valence-corrected chi connectivity index (χ1v) is 13.4. The molecule has 2 aliphatic heterocycles. The van der Waals surface area contributed by atoms with Crippen LogP contribution in [0.3, 0.4) is 0 Å². The Kier molecular flexibility index (Phi) is 6.15. The molecule has 2 aromatic carbocycles. The second kappa shape index (κ2) is 9.58. The number of aromatic nitrogens is 1. The van der Waals surface area contributed by atoms with Crippen LogP contribution in [0.5, 0.6) is 0 Å². The number of Topliss-reactive ketones (excluding diaryl/α,β-unsaturated/α-hetero) is 2. The van der Waals surface area contributed by atoms with Gasteiger partial charge in [-0.15, -0.1) is 0 Å². The van der Waals surface area contributed by atoms with Gasteiger partial charge in [-0.2, -0.15) is 0 Å². The summed E-state index contributed by atoms with van der Waals surface area (Å²) in [5.74, 6) is 0.620. The van der Waals surface area contributed by atoms with E-state index < -0.39 is 0 Å². The summed E-state index contributed by atoms with van der Waals surface area (Å²) in [6, 6.07) is 18.9. The van der Waals surface area contributed by atoms with Crippen molar-refractivity contribution in [2.24, 2.45) is 5.92 Å². The maximum Gasteiger partial charge on any atom is 0.171 e. The molecule has 0 radical (unpaired) electrons. The average Bonchev–Trinajstić information content (AvgIpc) is 3.50. The second-order valence-electron chi connectivity index (χ2n) is 10.6. The number of nitrogens with zero attached hydrogens (tertiary/aromatic N) is 2. The van der Waals surface area contributed by atoms with Gasteiger partial charge in [0.05, 0.1) is 6.42 Å². The Bertz CT molecular complexity index is 1290. The smallest absolute Gasteiger partial charge is 0.171 e. The fraction of sp³-hybridized carbons (Fsp3) is 0.419. The molecule has 0 N–H and O–H groups in total. The number of likely N-dealkylation sites (tertiary alicyclic amines) is 1. The van der Waals surface area contributed by atoms with Crippen LogP contribution in [0.15, 0.2) is 60.2 Å². The lowest BCUT2D eigenvalue weighted by molar-refractivity contribution is -0.120. The topological polar surface area (TPSA) is 42.3 Å². The molecule has 180 valence electrons. The molecule has 1 aromatic heterocycles. The Morgan fingerprint density at radius 3 is 2.43 bits per heavy atom. The van der Waals surface area contributed by atoms with Crippen molar-refractivity contribution in [3.63, 3.8) is 0 Å². The van der Waals surface area contributed by atoms with Crippen LogP contribution in [-0.2, 0) is 29.0 Å². The van der Waals surface area contributed by atoms with Crippen LogP contribution in [-0.4, -0.2) is 40.7 Å². The van der Waals surface area contributed by atoms with Crippen LogP contribution in [0.2, 0.25) is 0 Å². The number of hydrogen-bond donors (Lipinski definition) is 0. The van der Waals surface area contributed by atoms with Gasteiger partial charge in [0.1, 0.15) is 0 Å². The number of piperidine rings is 1. The van der Waals surface area contributed by atoms with Crippen LogP contribution in [0.1, 0.15) is 55.3 Å². The fourth-order valence-corrected chi connectivity index (χ4v) is 6.60. The number of benzene rings is 2. The summed E-state index contributed by atoms with van der Waals surface area (Å²) >= 11 is 0. The van der Waals surface area contributed by atoms with Gasteiger partial charge >= 0.3 is 0 Å². The molecule has 0 bridgehead atoms. The van der Waals surface area contributed by atoms with Crippen molar-refractivity contribution in [1.29, 1.82) is 0 Å². The van der Waals surface area contributed by atoms with Gasteiger partial charge in [0.15, 0.2) is 11.6 Å². The van der Waals surface area contributed by atoms with Gasteiger partial charge in [0, 0.05) is 46.4 Å². The van der Waals surface area contributed by atoms with Crippen molar-refractivity contribution in [1.82, 2.24) is 9.47 Å². The highest BCUT2D eigenvalue weighted by Gasteiger charge is 2.37. The third kappa shape index (κ3) is 4.29.